The summed E-state index contributed by atoms with van der Waals surface area (Å²) < 4.78 is 26.2. The van der Waals surface area contributed by atoms with E-state index in [0.717, 1.165) is 31.6 Å². The zero-order valence-electron chi connectivity index (χ0n) is 10.5. The topological polar surface area (TPSA) is 24.1 Å². The minimum absolute atomic E-state index is 0.443. The summed E-state index contributed by atoms with van der Waals surface area (Å²) in [5, 5.41) is 6.68. The molecule has 1 fully saturated rings. The van der Waals surface area contributed by atoms with Crippen LogP contribution in [0.1, 0.15) is 24.8 Å². The average Bonchev–Trinajstić information content (AvgIpc) is 3.17. The van der Waals surface area contributed by atoms with Crippen molar-refractivity contribution in [2.24, 2.45) is 0 Å². The smallest absolute Gasteiger partial charge is 0.162 e. The Kier molecular flexibility index (Phi) is 5.08. The largest absolute Gasteiger partial charge is 0.316 e. The minimum Gasteiger partial charge on any atom is -0.316 e. The Morgan fingerprint density at radius 1 is 1.11 bits per heavy atom. The van der Waals surface area contributed by atoms with E-state index in [4.69, 9.17) is 0 Å². The zero-order valence-corrected chi connectivity index (χ0v) is 10.5. The molecule has 0 spiro atoms. The van der Waals surface area contributed by atoms with E-state index in [1.165, 1.54) is 12.8 Å². The first-order valence-corrected chi connectivity index (χ1v) is 6.64. The molecule has 0 radical (unpaired) electrons. The van der Waals surface area contributed by atoms with Crippen LogP contribution in [0.4, 0.5) is 8.78 Å². The van der Waals surface area contributed by atoms with Crippen molar-refractivity contribution >= 4 is 0 Å². The first kappa shape index (κ1) is 13.4. The summed E-state index contributed by atoms with van der Waals surface area (Å²) >= 11 is 0. The monoisotopic (exact) mass is 254 g/mol. The fourth-order valence-electron chi connectivity index (χ4n) is 1.90. The SMILES string of the molecule is Fc1cccc(CCNCCCNC2CC2)c1F. The summed E-state index contributed by atoms with van der Waals surface area (Å²) in [5.41, 5.74) is 0.443. The van der Waals surface area contributed by atoms with Gasteiger partial charge in [0, 0.05) is 6.04 Å². The predicted octanol–water partition coefficient (Wildman–Crippen LogP) is 2.24. The van der Waals surface area contributed by atoms with Crippen LogP contribution in [0, 0.1) is 11.6 Å². The summed E-state index contributed by atoms with van der Waals surface area (Å²) in [7, 11) is 0. The molecular formula is C14H20F2N2. The Balaban J connectivity index is 1.55. The van der Waals surface area contributed by atoms with Crippen molar-refractivity contribution in [1.29, 1.82) is 0 Å². The van der Waals surface area contributed by atoms with Gasteiger partial charge in [-0.05, 0) is 56.9 Å². The van der Waals surface area contributed by atoms with Gasteiger partial charge < -0.3 is 10.6 Å². The second-order valence-electron chi connectivity index (χ2n) is 4.79. The molecule has 0 aliphatic heterocycles. The third-order valence-corrected chi connectivity index (χ3v) is 3.14. The van der Waals surface area contributed by atoms with Gasteiger partial charge in [0.25, 0.3) is 0 Å². The maximum Gasteiger partial charge on any atom is 0.162 e. The molecule has 0 heterocycles. The molecule has 1 saturated carbocycles. The van der Waals surface area contributed by atoms with Crippen LogP contribution in [0.15, 0.2) is 18.2 Å². The maximum absolute atomic E-state index is 13.3. The predicted molar refractivity (Wildman–Crippen MR) is 68.6 cm³/mol. The second-order valence-corrected chi connectivity index (χ2v) is 4.79. The van der Waals surface area contributed by atoms with Gasteiger partial charge in [-0.25, -0.2) is 8.78 Å². The van der Waals surface area contributed by atoms with Gasteiger partial charge in [-0.3, -0.25) is 0 Å². The number of nitrogens with one attached hydrogen (secondary N) is 2. The van der Waals surface area contributed by atoms with Gasteiger partial charge in [0.2, 0.25) is 0 Å². The van der Waals surface area contributed by atoms with Crippen LogP contribution in [-0.2, 0) is 6.42 Å². The van der Waals surface area contributed by atoms with Crippen LogP contribution in [0.2, 0.25) is 0 Å². The molecule has 1 aromatic carbocycles. The molecule has 0 atom stereocenters. The molecule has 2 N–H and O–H groups in total. The Morgan fingerprint density at radius 3 is 2.72 bits per heavy atom. The molecule has 2 nitrogen and oxygen atoms in total. The van der Waals surface area contributed by atoms with Crippen LogP contribution in [0.5, 0.6) is 0 Å². The van der Waals surface area contributed by atoms with Crippen molar-refractivity contribution in [2.45, 2.75) is 31.7 Å². The molecule has 1 aliphatic carbocycles. The van der Waals surface area contributed by atoms with E-state index < -0.39 is 11.6 Å². The van der Waals surface area contributed by atoms with E-state index in [1.807, 2.05) is 0 Å². The lowest BCUT2D eigenvalue weighted by Crippen LogP contribution is -2.24. The number of hydrogen-bond donors (Lipinski definition) is 2. The second kappa shape index (κ2) is 6.81. The van der Waals surface area contributed by atoms with Crippen molar-refractivity contribution < 1.29 is 8.78 Å². The fourth-order valence-corrected chi connectivity index (χ4v) is 1.90. The highest BCUT2D eigenvalue weighted by atomic mass is 19.2. The van der Waals surface area contributed by atoms with Gasteiger partial charge in [-0.2, -0.15) is 0 Å². The van der Waals surface area contributed by atoms with Gasteiger partial charge in [-0.1, -0.05) is 12.1 Å². The summed E-state index contributed by atoms with van der Waals surface area (Å²) in [6, 6.07) is 5.09. The van der Waals surface area contributed by atoms with Gasteiger partial charge in [0.15, 0.2) is 11.6 Å². The number of hydrogen-bond acceptors (Lipinski definition) is 2. The molecule has 0 saturated heterocycles. The van der Waals surface area contributed by atoms with Gasteiger partial charge in [0.1, 0.15) is 0 Å². The first-order chi connectivity index (χ1) is 8.77. The third kappa shape index (κ3) is 4.35. The van der Waals surface area contributed by atoms with Gasteiger partial charge in [0.05, 0.1) is 0 Å². The quantitative estimate of drug-likeness (QED) is 0.695. The molecule has 0 aromatic heterocycles. The fraction of sp³-hybridized carbons (Fsp3) is 0.571. The molecule has 0 amide bonds. The summed E-state index contributed by atoms with van der Waals surface area (Å²) in [4.78, 5) is 0. The van der Waals surface area contributed by atoms with E-state index in [0.29, 0.717) is 18.5 Å². The van der Waals surface area contributed by atoms with Gasteiger partial charge >= 0.3 is 0 Å². The normalized spacial score (nSPS) is 15.0. The van der Waals surface area contributed by atoms with Crippen LogP contribution in [0.3, 0.4) is 0 Å². The van der Waals surface area contributed by atoms with Crippen molar-refractivity contribution in [1.82, 2.24) is 10.6 Å². The van der Waals surface area contributed by atoms with Crippen molar-refractivity contribution in [3.05, 3.63) is 35.4 Å². The molecule has 2 rings (SSSR count). The van der Waals surface area contributed by atoms with Crippen LogP contribution in [-0.4, -0.2) is 25.7 Å². The average molecular weight is 254 g/mol. The Bertz CT molecular complexity index is 378. The molecule has 1 aromatic rings. The Hall–Kier alpha value is -1.00. The van der Waals surface area contributed by atoms with Gasteiger partial charge in [-0.15, -0.1) is 0 Å². The molecule has 4 heteroatoms. The highest BCUT2D eigenvalue weighted by molar-refractivity contribution is 5.19. The molecule has 0 unspecified atom stereocenters. The number of benzene rings is 1. The lowest BCUT2D eigenvalue weighted by molar-refractivity contribution is 0.496. The van der Waals surface area contributed by atoms with E-state index >= 15 is 0 Å². The lowest BCUT2D eigenvalue weighted by atomic mass is 10.1. The molecule has 18 heavy (non-hydrogen) atoms. The summed E-state index contributed by atoms with van der Waals surface area (Å²) in [5.74, 6) is -1.48. The maximum atomic E-state index is 13.3. The highest BCUT2D eigenvalue weighted by Gasteiger charge is 2.19. The van der Waals surface area contributed by atoms with Crippen LogP contribution < -0.4 is 10.6 Å². The summed E-state index contributed by atoms with van der Waals surface area (Å²) in [6.45, 7) is 2.63. The Labute approximate surface area is 107 Å². The summed E-state index contributed by atoms with van der Waals surface area (Å²) in [6.07, 6.45) is 4.22. The standard InChI is InChI=1S/C14H20F2N2/c15-13-4-1-3-11(14(13)16)7-10-17-8-2-9-18-12-5-6-12/h1,3-4,12,17-18H,2,5-10H2. The lowest BCUT2D eigenvalue weighted by Gasteiger charge is -2.06. The van der Waals surface area contributed by atoms with Crippen molar-refractivity contribution in [2.75, 3.05) is 19.6 Å². The van der Waals surface area contributed by atoms with Crippen molar-refractivity contribution in [3.8, 4) is 0 Å². The minimum atomic E-state index is -0.763. The van der Waals surface area contributed by atoms with Crippen molar-refractivity contribution in [3.63, 3.8) is 0 Å². The van der Waals surface area contributed by atoms with E-state index in [2.05, 4.69) is 10.6 Å². The zero-order chi connectivity index (χ0) is 12.8. The Morgan fingerprint density at radius 2 is 1.94 bits per heavy atom. The molecule has 0 bridgehead atoms. The molecule has 1 aliphatic rings. The van der Waals surface area contributed by atoms with E-state index in [-0.39, 0.29) is 0 Å². The number of rotatable bonds is 8. The van der Waals surface area contributed by atoms with Crippen LogP contribution >= 0.6 is 0 Å². The molecular weight excluding hydrogens is 234 g/mol. The third-order valence-electron chi connectivity index (χ3n) is 3.14. The van der Waals surface area contributed by atoms with E-state index in [9.17, 15) is 8.78 Å². The first-order valence-electron chi connectivity index (χ1n) is 6.64. The highest BCUT2D eigenvalue weighted by Crippen LogP contribution is 2.18. The van der Waals surface area contributed by atoms with E-state index in [1.54, 1.807) is 12.1 Å². The number of halogens is 2. The van der Waals surface area contributed by atoms with Crippen LogP contribution in [0.25, 0.3) is 0 Å². The molecule has 100 valence electrons.